The Morgan fingerprint density at radius 2 is 1.81 bits per heavy atom. The van der Waals surface area contributed by atoms with Gasteiger partial charge in [0.15, 0.2) is 5.78 Å². The zero-order valence-corrected chi connectivity index (χ0v) is 23.6. The third-order valence-electron chi connectivity index (χ3n) is 6.16. The molecule has 0 heterocycles. The lowest BCUT2D eigenvalue weighted by Gasteiger charge is -2.34. The molecule has 202 valence electrons. The summed E-state index contributed by atoms with van der Waals surface area (Å²) in [7, 11) is 0. The van der Waals surface area contributed by atoms with Crippen molar-refractivity contribution in [2.75, 3.05) is 31.5 Å². The fraction of sp³-hybridized carbons (Fsp3) is 0.500. The monoisotopic (exact) mass is 507 g/mol. The topological polar surface area (TPSA) is 99.8 Å². The van der Waals surface area contributed by atoms with Crippen LogP contribution in [-0.4, -0.2) is 49.1 Å². The van der Waals surface area contributed by atoms with Crippen LogP contribution in [0.1, 0.15) is 60.5 Å². The van der Waals surface area contributed by atoms with Gasteiger partial charge in [0.1, 0.15) is 0 Å². The molecule has 0 radical (unpaired) electrons. The number of aliphatic imine (C=N–C) groups is 1. The number of carbonyl (C=O) groups is 2. The zero-order chi connectivity index (χ0) is 27.6. The second-order valence-corrected chi connectivity index (χ2v) is 10.9. The van der Waals surface area contributed by atoms with Crippen LogP contribution in [0.25, 0.3) is 0 Å². The average molecular weight is 508 g/mol. The van der Waals surface area contributed by atoms with Gasteiger partial charge in [0.25, 0.3) is 0 Å². The normalized spacial score (nSPS) is 14.0. The number of nitrogens with one attached hydrogen (secondary N) is 2. The van der Waals surface area contributed by atoms with Crippen molar-refractivity contribution in [3.8, 4) is 0 Å². The van der Waals surface area contributed by atoms with Gasteiger partial charge in [-0.3, -0.25) is 9.59 Å². The standard InChI is InChI=1S/C30H45N5O2/c1-21(2)18-35(19-22(3)4)29(37)30(6,7)25-12-14-27(28(17-25)32-16-15-31)34-20-33-26-10-8-9-24(11-13-26)23(5)36/h8,10-14,17,20-22,32H,9,15-16,18-19,31H2,1-7H3,(H,33,34). The van der Waals surface area contributed by atoms with Crippen LogP contribution in [0.15, 0.2) is 58.8 Å². The van der Waals surface area contributed by atoms with E-state index in [9.17, 15) is 9.59 Å². The molecule has 0 unspecified atom stereocenters. The second-order valence-electron chi connectivity index (χ2n) is 10.9. The highest BCUT2D eigenvalue weighted by molar-refractivity contribution is 5.94. The molecule has 7 heteroatoms. The first-order valence-corrected chi connectivity index (χ1v) is 13.2. The van der Waals surface area contributed by atoms with Crippen molar-refractivity contribution in [3.05, 3.63) is 59.3 Å². The number of anilines is 1. The molecule has 4 N–H and O–H groups in total. The fourth-order valence-corrected chi connectivity index (χ4v) is 4.19. The van der Waals surface area contributed by atoms with Gasteiger partial charge in [-0.1, -0.05) is 45.9 Å². The molecule has 7 nitrogen and oxygen atoms in total. The second kappa shape index (κ2) is 13.9. The zero-order valence-electron chi connectivity index (χ0n) is 23.6. The number of carbonyl (C=O) groups excluding carboxylic acids is 2. The first-order valence-electron chi connectivity index (χ1n) is 13.2. The van der Waals surface area contributed by atoms with Gasteiger partial charge in [0.2, 0.25) is 5.91 Å². The van der Waals surface area contributed by atoms with Crippen molar-refractivity contribution in [1.29, 1.82) is 0 Å². The van der Waals surface area contributed by atoms with Crippen molar-refractivity contribution in [3.63, 3.8) is 0 Å². The number of benzene rings is 1. The van der Waals surface area contributed by atoms with E-state index < -0.39 is 5.41 Å². The van der Waals surface area contributed by atoms with Crippen LogP contribution in [0.2, 0.25) is 0 Å². The predicted molar refractivity (Wildman–Crippen MR) is 155 cm³/mol. The van der Waals surface area contributed by atoms with Gasteiger partial charge in [0.05, 0.1) is 23.1 Å². The quantitative estimate of drug-likeness (QED) is 0.255. The van der Waals surface area contributed by atoms with E-state index in [4.69, 9.17) is 5.73 Å². The third-order valence-corrected chi connectivity index (χ3v) is 6.16. The SMILES string of the molecule is CC(=O)C1=CC=C(NC=Nc2ccc(C(C)(C)C(=O)N(CC(C)C)CC(C)C)cc2NCCN)C=CC1. The van der Waals surface area contributed by atoms with Crippen LogP contribution in [0.3, 0.4) is 0 Å². The first-order chi connectivity index (χ1) is 17.4. The maximum Gasteiger partial charge on any atom is 0.232 e. The number of nitrogens with zero attached hydrogens (tertiary/aromatic N) is 2. The molecule has 1 aliphatic carbocycles. The van der Waals surface area contributed by atoms with Gasteiger partial charge in [-0.2, -0.15) is 0 Å². The Bertz CT molecular complexity index is 1050. The number of Topliss-reactive ketones (excluding diaryl/α,β-unsaturated/α-hetero) is 1. The van der Waals surface area contributed by atoms with E-state index in [-0.39, 0.29) is 11.7 Å². The summed E-state index contributed by atoms with van der Waals surface area (Å²) in [5.41, 5.74) is 9.17. The molecule has 1 aromatic carbocycles. The van der Waals surface area contributed by atoms with E-state index in [1.807, 2.05) is 61.3 Å². The highest BCUT2D eigenvalue weighted by Gasteiger charge is 2.34. The van der Waals surface area contributed by atoms with Crippen molar-refractivity contribution < 1.29 is 9.59 Å². The summed E-state index contributed by atoms with van der Waals surface area (Å²) >= 11 is 0. The summed E-state index contributed by atoms with van der Waals surface area (Å²) in [6.45, 7) is 16.7. The molecule has 0 aliphatic heterocycles. The Kier molecular flexibility index (Phi) is 11.3. The third kappa shape index (κ3) is 9.01. The van der Waals surface area contributed by atoms with Crippen LogP contribution < -0.4 is 16.4 Å². The molecule has 1 aromatic rings. The minimum Gasteiger partial charge on any atom is -0.382 e. The molecule has 37 heavy (non-hydrogen) atoms. The molecule has 0 atom stereocenters. The van der Waals surface area contributed by atoms with E-state index in [2.05, 4.69) is 43.3 Å². The summed E-state index contributed by atoms with van der Waals surface area (Å²) in [6, 6.07) is 5.92. The molecule has 2 rings (SSSR count). The Hall–Kier alpha value is -3.19. The molecular weight excluding hydrogens is 462 g/mol. The minimum absolute atomic E-state index is 0.0736. The highest BCUT2D eigenvalue weighted by atomic mass is 16.2. The smallest absolute Gasteiger partial charge is 0.232 e. The van der Waals surface area contributed by atoms with E-state index >= 15 is 0 Å². The molecule has 0 aromatic heterocycles. The van der Waals surface area contributed by atoms with E-state index in [0.717, 1.165) is 41.3 Å². The lowest BCUT2D eigenvalue weighted by molar-refractivity contribution is -0.137. The number of nitrogens with two attached hydrogens (primary N) is 1. The summed E-state index contributed by atoms with van der Waals surface area (Å²) in [4.78, 5) is 31.9. The summed E-state index contributed by atoms with van der Waals surface area (Å²) in [5, 5.41) is 6.54. The summed E-state index contributed by atoms with van der Waals surface area (Å²) in [6.07, 6.45) is 9.84. The van der Waals surface area contributed by atoms with Gasteiger partial charge in [-0.15, -0.1) is 0 Å². The van der Waals surface area contributed by atoms with E-state index in [0.29, 0.717) is 31.3 Å². The van der Waals surface area contributed by atoms with E-state index in [1.165, 1.54) is 0 Å². The van der Waals surface area contributed by atoms with Crippen LogP contribution in [0, 0.1) is 11.8 Å². The van der Waals surface area contributed by atoms with Crippen molar-refractivity contribution in [2.45, 2.75) is 60.3 Å². The Labute approximate surface area is 223 Å². The largest absolute Gasteiger partial charge is 0.382 e. The molecule has 1 amide bonds. The van der Waals surface area contributed by atoms with Gasteiger partial charge in [0, 0.05) is 31.9 Å². The van der Waals surface area contributed by atoms with Crippen LogP contribution in [0.4, 0.5) is 11.4 Å². The van der Waals surface area contributed by atoms with Gasteiger partial charge >= 0.3 is 0 Å². The predicted octanol–water partition coefficient (Wildman–Crippen LogP) is 5.08. The Morgan fingerprint density at radius 1 is 1.14 bits per heavy atom. The summed E-state index contributed by atoms with van der Waals surface area (Å²) < 4.78 is 0. The molecule has 0 fully saturated rings. The number of hydrogen-bond acceptors (Lipinski definition) is 5. The van der Waals surface area contributed by atoms with Crippen molar-refractivity contribution in [1.82, 2.24) is 10.2 Å². The first kappa shape index (κ1) is 30.0. The van der Waals surface area contributed by atoms with Crippen LogP contribution in [0.5, 0.6) is 0 Å². The van der Waals surface area contributed by atoms with Gasteiger partial charge < -0.3 is 21.3 Å². The van der Waals surface area contributed by atoms with Crippen LogP contribution >= 0.6 is 0 Å². The Morgan fingerprint density at radius 3 is 2.41 bits per heavy atom. The van der Waals surface area contributed by atoms with Gasteiger partial charge in [-0.05, 0) is 74.4 Å². The molecule has 0 bridgehead atoms. The molecule has 0 spiro atoms. The van der Waals surface area contributed by atoms with E-state index in [1.54, 1.807) is 13.3 Å². The van der Waals surface area contributed by atoms with Crippen molar-refractivity contribution in [2.24, 2.45) is 22.6 Å². The maximum atomic E-state index is 13.7. The number of rotatable bonds is 13. The number of amides is 1. The number of ketones is 1. The molecule has 0 saturated carbocycles. The lowest BCUT2D eigenvalue weighted by Crippen LogP contribution is -2.46. The number of allylic oxidation sites excluding steroid dienone is 5. The van der Waals surface area contributed by atoms with Crippen LogP contribution in [-0.2, 0) is 15.0 Å². The van der Waals surface area contributed by atoms with Gasteiger partial charge in [-0.25, -0.2) is 4.99 Å². The minimum atomic E-state index is -0.694. The molecule has 1 aliphatic rings. The maximum absolute atomic E-state index is 13.7. The number of hydrogen-bond donors (Lipinski definition) is 3. The molecular formula is C30H45N5O2. The average Bonchev–Trinajstić information content (AvgIpc) is 3.07. The summed E-state index contributed by atoms with van der Waals surface area (Å²) in [5.74, 6) is 0.993. The Balaban J connectivity index is 2.30. The molecule has 0 saturated heterocycles. The lowest BCUT2D eigenvalue weighted by atomic mass is 9.82. The van der Waals surface area contributed by atoms with Crippen molar-refractivity contribution >= 4 is 29.4 Å². The fourth-order valence-electron chi connectivity index (χ4n) is 4.19. The highest BCUT2D eigenvalue weighted by Crippen LogP contribution is 2.33.